The van der Waals surface area contributed by atoms with E-state index in [4.69, 9.17) is 4.74 Å². The Morgan fingerprint density at radius 1 is 1.09 bits per heavy atom. The van der Waals surface area contributed by atoms with Gasteiger partial charge in [-0.2, -0.15) is 5.10 Å². The van der Waals surface area contributed by atoms with Gasteiger partial charge in [0.25, 0.3) is 0 Å². The molecule has 0 radical (unpaired) electrons. The molecule has 4 rings (SSSR count). The summed E-state index contributed by atoms with van der Waals surface area (Å²) in [5.74, 6) is 0.860. The van der Waals surface area contributed by atoms with Crippen LogP contribution in [-0.4, -0.2) is 39.4 Å². The van der Waals surface area contributed by atoms with Crippen molar-refractivity contribution in [1.29, 1.82) is 0 Å². The van der Waals surface area contributed by atoms with Crippen molar-refractivity contribution in [3.8, 4) is 11.4 Å². The highest BCUT2D eigenvalue weighted by molar-refractivity contribution is 5.99. The molecule has 1 saturated heterocycles. The van der Waals surface area contributed by atoms with Crippen LogP contribution in [0.1, 0.15) is 12.8 Å². The van der Waals surface area contributed by atoms with E-state index in [-0.39, 0.29) is 0 Å². The molecule has 0 amide bonds. The number of hydrogen-bond acceptors (Lipinski definition) is 5. The molecule has 0 bridgehead atoms. The lowest BCUT2D eigenvalue weighted by Crippen LogP contribution is -2.28. The maximum atomic E-state index is 5.41. The minimum absolute atomic E-state index is 0.387. The van der Waals surface area contributed by atoms with E-state index in [0.717, 1.165) is 54.2 Å². The molecule has 6 heteroatoms. The summed E-state index contributed by atoms with van der Waals surface area (Å²) in [6.07, 6.45) is 5.56. The Morgan fingerprint density at radius 2 is 2.00 bits per heavy atom. The van der Waals surface area contributed by atoms with Crippen LogP contribution in [-0.2, 0) is 4.74 Å². The number of nitrogens with zero attached hydrogens (tertiary/aromatic N) is 3. The molecule has 0 spiro atoms. The molecule has 0 aliphatic carbocycles. The Labute approximate surface area is 127 Å². The zero-order valence-corrected chi connectivity index (χ0v) is 12.1. The Bertz CT molecular complexity index is 765. The summed E-state index contributed by atoms with van der Waals surface area (Å²) in [4.78, 5) is 8.92. The molecule has 1 fully saturated rings. The number of H-pyrrole nitrogens is 1. The molecule has 3 aromatic rings. The van der Waals surface area contributed by atoms with Gasteiger partial charge in [0.05, 0.1) is 16.6 Å². The summed E-state index contributed by atoms with van der Waals surface area (Å²) in [6.45, 7) is 1.60. The lowest BCUT2D eigenvalue weighted by Gasteiger charge is -2.23. The van der Waals surface area contributed by atoms with Crippen LogP contribution >= 0.6 is 0 Å². The van der Waals surface area contributed by atoms with Crippen LogP contribution in [0.3, 0.4) is 0 Å². The largest absolute Gasteiger partial charge is 0.381 e. The normalized spacial score (nSPS) is 16.0. The SMILES string of the molecule is c1ccc(-c2n[nH]c3ccnc(NC4CCOCC4)c23)nc1. The van der Waals surface area contributed by atoms with Crippen molar-refractivity contribution in [2.45, 2.75) is 18.9 Å². The van der Waals surface area contributed by atoms with Gasteiger partial charge in [0.1, 0.15) is 11.5 Å². The maximum Gasteiger partial charge on any atom is 0.137 e. The first-order chi connectivity index (χ1) is 10.9. The highest BCUT2D eigenvalue weighted by Crippen LogP contribution is 2.30. The van der Waals surface area contributed by atoms with Crippen LogP contribution in [0, 0.1) is 0 Å². The summed E-state index contributed by atoms with van der Waals surface area (Å²) in [7, 11) is 0. The number of pyridine rings is 2. The first kappa shape index (κ1) is 13.2. The van der Waals surface area contributed by atoms with E-state index in [0.29, 0.717) is 6.04 Å². The summed E-state index contributed by atoms with van der Waals surface area (Å²) < 4.78 is 5.41. The second-order valence-electron chi connectivity index (χ2n) is 5.40. The molecule has 0 unspecified atom stereocenters. The van der Waals surface area contributed by atoms with Gasteiger partial charge in [0.2, 0.25) is 0 Å². The quantitative estimate of drug-likeness (QED) is 0.777. The van der Waals surface area contributed by atoms with Gasteiger partial charge in [0, 0.05) is 31.6 Å². The average molecular weight is 295 g/mol. The van der Waals surface area contributed by atoms with Gasteiger partial charge in [0.15, 0.2) is 0 Å². The van der Waals surface area contributed by atoms with Crippen molar-refractivity contribution in [3.63, 3.8) is 0 Å². The molecule has 0 aromatic carbocycles. The van der Waals surface area contributed by atoms with Gasteiger partial charge in [-0.15, -0.1) is 0 Å². The fourth-order valence-corrected chi connectivity index (χ4v) is 2.80. The van der Waals surface area contributed by atoms with Crippen LogP contribution in [0.15, 0.2) is 36.7 Å². The zero-order chi connectivity index (χ0) is 14.8. The van der Waals surface area contributed by atoms with Gasteiger partial charge >= 0.3 is 0 Å². The molecule has 22 heavy (non-hydrogen) atoms. The predicted molar refractivity (Wildman–Crippen MR) is 84.6 cm³/mol. The molecule has 0 saturated carbocycles. The van der Waals surface area contributed by atoms with Gasteiger partial charge in [-0.05, 0) is 31.0 Å². The van der Waals surface area contributed by atoms with E-state index in [1.807, 2.05) is 24.3 Å². The number of nitrogens with one attached hydrogen (secondary N) is 2. The smallest absolute Gasteiger partial charge is 0.137 e. The maximum absolute atomic E-state index is 5.41. The fraction of sp³-hybridized carbons (Fsp3) is 0.312. The molecule has 0 atom stereocenters. The van der Waals surface area contributed by atoms with E-state index in [1.165, 1.54) is 0 Å². The summed E-state index contributed by atoms with van der Waals surface area (Å²) in [5.41, 5.74) is 2.64. The van der Waals surface area contributed by atoms with E-state index in [9.17, 15) is 0 Å². The van der Waals surface area contributed by atoms with Gasteiger partial charge in [-0.1, -0.05) is 6.07 Å². The summed E-state index contributed by atoms with van der Waals surface area (Å²) >= 11 is 0. The number of aromatic nitrogens is 4. The Balaban J connectivity index is 1.76. The number of hydrogen-bond donors (Lipinski definition) is 2. The van der Waals surface area contributed by atoms with Crippen LogP contribution in [0.5, 0.6) is 0 Å². The predicted octanol–water partition coefficient (Wildman–Crippen LogP) is 2.61. The third-order valence-corrected chi connectivity index (χ3v) is 3.95. The third-order valence-electron chi connectivity index (χ3n) is 3.95. The molecule has 1 aliphatic heterocycles. The Hall–Kier alpha value is -2.47. The molecule has 6 nitrogen and oxygen atoms in total. The fourth-order valence-electron chi connectivity index (χ4n) is 2.80. The Kier molecular flexibility index (Phi) is 3.44. The highest BCUT2D eigenvalue weighted by atomic mass is 16.5. The molecule has 112 valence electrons. The lowest BCUT2D eigenvalue weighted by atomic mass is 10.1. The Morgan fingerprint density at radius 3 is 2.82 bits per heavy atom. The van der Waals surface area contributed by atoms with Gasteiger partial charge < -0.3 is 10.1 Å². The van der Waals surface area contributed by atoms with E-state index in [1.54, 1.807) is 12.4 Å². The van der Waals surface area contributed by atoms with Crippen molar-refractivity contribution in [1.82, 2.24) is 20.2 Å². The van der Waals surface area contributed by atoms with Crippen LogP contribution in [0.25, 0.3) is 22.3 Å². The standard InChI is InChI=1S/C16H17N5O/c1-2-7-17-13(3-1)15-14-12(20-21-15)4-8-18-16(14)19-11-5-9-22-10-6-11/h1-4,7-8,11H,5-6,9-10H2,(H,18,19)(H,20,21). The zero-order valence-electron chi connectivity index (χ0n) is 12.1. The van der Waals surface area contributed by atoms with Gasteiger partial charge in [-0.3, -0.25) is 10.1 Å². The first-order valence-electron chi connectivity index (χ1n) is 7.50. The third kappa shape index (κ3) is 2.42. The topological polar surface area (TPSA) is 75.7 Å². The molecule has 4 heterocycles. The first-order valence-corrected chi connectivity index (χ1v) is 7.50. The van der Waals surface area contributed by atoms with Crippen molar-refractivity contribution < 1.29 is 4.74 Å². The van der Waals surface area contributed by atoms with Crippen molar-refractivity contribution in [2.24, 2.45) is 0 Å². The number of rotatable bonds is 3. The van der Waals surface area contributed by atoms with Crippen molar-refractivity contribution in [3.05, 3.63) is 36.7 Å². The second kappa shape index (κ2) is 5.73. The number of anilines is 1. The minimum atomic E-state index is 0.387. The van der Waals surface area contributed by atoms with Crippen LogP contribution in [0.2, 0.25) is 0 Å². The lowest BCUT2D eigenvalue weighted by molar-refractivity contribution is 0.0904. The van der Waals surface area contributed by atoms with Crippen LogP contribution < -0.4 is 5.32 Å². The molecule has 1 aliphatic rings. The van der Waals surface area contributed by atoms with Crippen molar-refractivity contribution in [2.75, 3.05) is 18.5 Å². The summed E-state index contributed by atoms with van der Waals surface area (Å²) in [6, 6.07) is 8.14. The number of ether oxygens (including phenoxy) is 1. The number of fused-ring (bicyclic) bond motifs is 1. The molecular formula is C16H17N5O. The summed E-state index contributed by atoms with van der Waals surface area (Å²) in [5, 5.41) is 12.0. The van der Waals surface area contributed by atoms with Crippen molar-refractivity contribution >= 4 is 16.7 Å². The van der Waals surface area contributed by atoms with E-state index in [2.05, 4.69) is 25.5 Å². The second-order valence-corrected chi connectivity index (χ2v) is 5.40. The van der Waals surface area contributed by atoms with Gasteiger partial charge in [-0.25, -0.2) is 4.98 Å². The molecule has 2 N–H and O–H groups in total. The number of aromatic amines is 1. The molecule has 3 aromatic heterocycles. The van der Waals surface area contributed by atoms with Crippen LogP contribution in [0.4, 0.5) is 5.82 Å². The molecular weight excluding hydrogens is 278 g/mol. The van der Waals surface area contributed by atoms with E-state index >= 15 is 0 Å². The monoisotopic (exact) mass is 295 g/mol. The highest BCUT2D eigenvalue weighted by Gasteiger charge is 2.18. The minimum Gasteiger partial charge on any atom is -0.381 e. The van der Waals surface area contributed by atoms with E-state index < -0.39 is 0 Å². The average Bonchev–Trinajstić information content (AvgIpc) is 3.02.